The molecule has 5 rings (SSSR count). The van der Waals surface area contributed by atoms with E-state index in [4.69, 9.17) is 14.6 Å². The first-order valence-electron chi connectivity index (χ1n) is 13.3. The fourth-order valence-electron chi connectivity index (χ4n) is 4.35. The number of carbonyl (C=O) groups is 1. The minimum Gasteiger partial charge on any atom is -0.497 e. The van der Waals surface area contributed by atoms with Gasteiger partial charge in [-0.3, -0.25) is 0 Å². The molecule has 208 valence electrons. The first kappa shape index (κ1) is 28.7. The lowest BCUT2D eigenvalue weighted by Crippen LogP contribution is -2.22. The second-order valence-electron chi connectivity index (χ2n) is 9.20. The molecular formula is C34H30O4S3. The third-order valence-corrected chi connectivity index (χ3v) is 9.26. The Balaban J connectivity index is 1.46. The van der Waals surface area contributed by atoms with Crippen LogP contribution in [0.3, 0.4) is 0 Å². The molecule has 0 amide bonds. The van der Waals surface area contributed by atoms with E-state index in [-0.39, 0.29) is 0 Å². The molecule has 0 radical (unpaired) electrons. The van der Waals surface area contributed by atoms with Crippen molar-refractivity contribution in [3.05, 3.63) is 125 Å². The molecule has 0 saturated heterocycles. The minimum absolute atomic E-state index is 0.530. The number of rotatable bonds is 12. The van der Waals surface area contributed by atoms with E-state index in [0.29, 0.717) is 18.1 Å². The van der Waals surface area contributed by atoms with Gasteiger partial charge in [-0.25, -0.2) is 4.79 Å². The maximum absolute atomic E-state index is 11.1. The minimum atomic E-state index is -0.991. The van der Waals surface area contributed by atoms with Crippen LogP contribution in [0.25, 0.3) is 26.5 Å². The zero-order valence-corrected chi connectivity index (χ0v) is 25.2. The summed E-state index contributed by atoms with van der Waals surface area (Å²) >= 11 is 5.14. The van der Waals surface area contributed by atoms with Gasteiger partial charge in [0.15, 0.2) is 6.10 Å². The van der Waals surface area contributed by atoms with Gasteiger partial charge in [-0.1, -0.05) is 60.7 Å². The van der Waals surface area contributed by atoms with Crippen molar-refractivity contribution in [2.75, 3.05) is 12.4 Å². The summed E-state index contributed by atoms with van der Waals surface area (Å²) in [6, 6.07) is 33.3. The summed E-state index contributed by atoms with van der Waals surface area (Å²) in [5.41, 5.74) is 5.67. The van der Waals surface area contributed by atoms with E-state index in [2.05, 4.69) is 83.6 Å². The Morgan fingerprint density at radius 3 is 1.78 bits per heavy atom. The number of thioether (sulfide) groups is 1. The molecule has 5 aromatic rings. The summed E-state index contributed by atoms with van der Waals surface area (Å²) < 4.78 is 11.8. The average molecular weight is 599 g/mol. The van der Waals surface area contributed by atoms with E-state index in [0.717, 1.165) is 27.4 Å². The number of hydrogen-bond donors (Lipinski definition) is 1. The van der Waals surface area contributed by atoms with Crippen LogP contribution >= 0.6 is 34.4 Å². The van der Waals surface area contributed by atoms with Gasteiger partial charge in [0.2, 0.25) is 0 Å². The fourth-order valence-corrected chi connectivity index (χ4v) is 6.67. The van der Waals surface area contributed by atoms with Gasteiger partial charge in [-0.2, -0.15) is 0 Å². The van der Waals surface area contributed by atoms with Crippen molar-refractivity contribution < 1.29 is 19.4 Å². The number of aliphatic carboxylic acids is 1. The number of benzene rings is 3. The molecule has 0 fully saturated rings. The first-order chi connectivity index (χ1) is 20.0. The normalized spacial score (nSPS) is 11.6. The summed E-state index contributed by atoms with van der Waals surface area (Å²) in [5.74, 6) is 1.08. The van der Waals surface area contributed by atoms with Crippen LogP contribution in [0.15, 0.2) is 118 Å². The standard InChI is InChI=1S/C34H30O4S3/c1-3-37-30(22-41-29-18-16-28(17-19-29)38-23(2)34(35)36)33(26-12-8-24(9-13-26)31-6-4-20-39-31)27-14-10-25(11-15-27)32-7-5-21-40-32/h4-21,23H,3,22H2,1-2H3,(H,35,36). The van der Waals surface area contributed by atoms with Gasteiger partial charge in [0, 0.05) is 20.2 Å². The van der Waals surface area contributed by atoms with Crippen molar-refractivity contribution in [3.63, 3.8) is 0 Å². The van der Waals surface area contributed by atoms with Gasteiger partial charge in [0.05, 0.1) is 12.4 Å². The average Bonchev–Trinajstić information content (AvgIpc) is 3.73. The van der Waals surface area contributed by atoms with Crippen LogP contribution in [-0.4, -0.2) is 29.5 Å². The topological polar surface area (TPSA) is 55.8 Å². The predicted molar refractivity (Wildman–Crippen MR) is 172 cm³/mol. The predicted octanol–water partition coefficient (Wildman–Crippen LogP) is 9.58. The van der Waals surface area contributed by atoms with E-state index in [1.807, 2.05) is 19.1 Å². The van der Waals surface area contributed by atoms with Crippen molar-refractivity contribution in [3.8, 4) is 26.6 Å². The number of thiophene rings is 2. The Morgan fingerprint density at radius 2 is 1.34 bits per heavy atom. The van der Waals surface area contributed by atoms with Gasteiger partial charge in [0.1, 0.15) is 11.5 Å². The lowest BCUT2D eigenvalue weighted by molar-refractivity contribution is -0.144. The smallest absolute Gasteiger partial charge is 0.344 e. The highest BCUT2D eigenvalue weighted by Crippen LogP contribution is 2.35. The molecule has 4 nitrogen and oxygen atoms in total. The van der Waals surface area contributed by atoms with Gasteiger partial charge < -0.3 is 14.6 Å². The monoisotopic (exact) mass is 598 g/mol. The molecule has 0 bridgehead atoms. The van der Waals surface area contributed by atoms with E-state index in [1.54, 1.807) is 46.6 Å². The number of carboxylic acids is 1. The van der Waals surface area contributed by atoms with Gasteiger partial charge in [0.25, 0.3) is 0 Å². The van der Waals surface area contributed by atoms with Crippen molar-refractivity contribution in [2.45, 2.75) is 24.8 Å². The lowest BCUT2D eigenvalue weighted by Gasteiger charge is -2.18. The molecule has 0 spiro atoms. The van der Waals surface area contributed by atoms with Gasteiger partial charge in [-0.15, -0.1) is 34.4 Å². The zero-order valence-electron chi connectivity index (χ0n) is 22.8. The first-order valence-corrected chi connectivity index (χ1v) is 16.0. The largest absolute Gasteiger partial charge is 0.497 e. The van der Waals surface area contributed by atoms with Crippen molar-refractivity contribution in [1.82, 2.24) is 0 Å². The Hall–Kier alpha value is -3.78. The van der Waals surface area contributed by atoms with Gasteiger partial charge >= 0.3 is 5.97 Å². The highest BCUT2D eigenvalue weighted by atomic mass is 32.2. The van der Waals surface area contributed by atoms with Crippen LogP contribution in [0.4, 0.5) is 0 Å². The lowest BCUT2D eigenvalue weighted by atomic mass is 9.95. The molecular weight excluding hydrogens is 569 g/mol. The molecule has 0 aliphatic carbocycles. The number of carboxylic acid groups (broad SMARTS) is 1. The quantitative estimate of drug-likeness (QED) is 0.114. The Labute approximate surface area is 252 Å². The molecule has 2 heterocycles. The summed E-state index contributed by atoms with van der Waals surface area (Å²) in [7, 11) is 0. The highest BCUT2D eigenvalue weighted by Gasteiger charge is 2.16. The van der Waals surface area contributed by atoms with Crippen molar-refractivity contribution in [2.24, 2.45) is 0 Å². The molecule has 2 aromatic heterocycles. The molecule has 7 heteroatoms. The zero-order chi connectivity index (χ0) is 28.6. The molecule has 1 N–H and O–H groups in total. The van der Waals surface area contributed by atoms with Crippen LogP contribution in [0.2, 0.25) is 0 Å². The van der Waals surface area contributed by atoms with Gasteiger partial charge in [-0.05, 0) is 83.3 Å². The van der Waals surface area contributed by atoms with Crippen LogP contribution in [0, 0.1) is 0 Å². The van der Waals surface area contributed by atoms with Crippen LogP contribution in [0.1, 0.15) is 25.0 Å². The van der Waals surface area contributed by atoms with Crippen LogP contribution in [-0.2, 0) is 9.53 Å². The molecule has 1 atom stereocenters. The Morgan fingerprint density at radius 1 is 0.805 bits per heavy atom. The summed E-state index contributed by atoms with van der Waals surface area (Å²) in [5, 5.41) is 13.3. The Kier molecular flexibility index (Phi) is 9.62. The maximum atomic E-state index is 11.1. The van der Waals surface area contributed by atoms with Crippen molar-refractivity contribution >= 4 is 46.0 Å². The molecule has 0 aliphatic heterocycles. The Bertz CT molecular complexity index is 1490. The van der Waals surface area contributed by atoms with E-state index in [9.17, 15) is 4.79 Å². The maximum Gasteiger partial charge on any atom is 0.344 e. The summed E-state index contributed by atoms with van der Waals surface area (Å²) in [6.07, 6.45) is -0.902. The third kappa shape index (κ3) is 7.30. The third-order valence-electron chi connectivity index (χ3n) is 6.41. The van der Waals surface area contributed by atoms with E-state index in [1.165, 1.54) is 27.8 Å². The van der Waals surface area contributed by atoms with Crippen molar-refractivity contribution in [1.29, 1.82) is 0 Å². The van der Waals surface area contributed by atoms with Crippen LogP contribution < -0.4 is 4.74 Å². The van der Waals surface area contributed by atoms with E-state index < -0.39 is 12.1 Å². The second kappa shape index (κ2) is 13.7. The number of ether oxygens (including phenoxy) is 2. The summed E-state index contributed by atoms with van der Waals surface area (Å²) in [6.45, 7) is 4.09. The molecule has 0 saturated carbocycles. The molecule has 3 aromatic carbocycles. The molecule has 1 unspecified atom stereocenters. The highest BCUT2D eigenvalue weighted by molar-refractivity contribution is 7.99. The number of hydrogen-bond acceptors (Lipinski definition) is 6. The second-order valence-corrected chi connectivity index (χ2v) is 12.1. The summed E-state index contributed by atoms with van der Waals surface area (Å²) in [4.78, 5) is 14.6. The SMILES string of the molecule is CCOC(CSc1ccc(OC(C)C(=O)O)cc1)=C(c1ccc(-c2cccs2)cc1)c1ccc(-c2cccs2)cc1. The van der Waals surface area contributed by atoms with E-state index >= 15 is 0 Å². The molecule has 41 heavy (non-hydrogen) atoms. The molecule has 0 aliphatic rings. The van der Waals surface area contributed by atoms with Crippen LogP contribution in [0.5, 0.6) is 5.75 Å². The fraction of sp³-hybridized carbons (Fsp3) is 0.147.